The number of carboxylic acids is 1. The molecule has 0 amide bonds. The van der Waals surface area contributed by atoms with Crippen molar-refractivity contribution < 1.29 is 217 Å². The van der Waals surface area contributed by atoms with Crippen LogP contribution in [0, 0.1) is 17.7 Å². The fourth-order valence-electron chi connectivity index (χ4n) is 4.54. The molecule has 53 heavy (non-hydrogen) atoms. The summed E-state index contributed by atoms with van der Waals surface area (Å²) in [6.45, 7) is -1.12. The molecule has 1 aliphatic heterocycles. The molecule has 2 aromatic rings. The van der Waals surface area contributed by atoms with Crippen LogP contribution in [0.4, 0.5) is 14.5 Å². The molecule has 0 radical (unpaired) electrons. The molecule has 4 N–H and O–H groups in total. The number of fused-ring (bicyclic) bond motifs is 2. The molecule has 22 heteroatoms. The van der Waals surface area contributed by atoms with Gasteiger partial charge in [-0.05, 0) is 29.3 Å². The van der Waals surface area contributed by atoms with E-state index in [9.17, 15) is 37.9 Å². The number of nitrogens with zero attached hydrogens (tertiary/aromatic N) is 2. The molecule has 1 heterocycles. The summed E-state index contributed by atoms with van der Waals surface area (Å²) in [5.41, 5.74) is 0.392. The minimum atomic E-state index is -1.35. The van der Waals surface area contributed by atoms with E-state index in [0.29, 0.717) is 11.1 Å². The van der Waals surface area contributed by atoms with Crippen LogP contribution in [-0.4, -0.2) is 104 Å². The first-order valence-corrected chi connectivity index (χ1v) is 13.1. The van der Waals surface area contributed by atoms with Gasteiger partial charge < -0.3 is 69.9 Å². The van der Waals surface area contributed by atoms with Gasteiger partial charge in [0.25, 0.3) is 0 Å². The van der Waals surface area contributed by atoms with Gasteiger partial charge in [-0.15, -0.1) is 18.2 Å². The van der Waals surface area contributed by atoms with Crippen LogP contribution in [0.5, 0.6) is 5.75 Å². The van der Waals surface area contributed by atoms with Crippen LogP contribution in [0.1, 0.15) is 0 Å². The Morgan fingerprint density at radius 3 is 2.06 bits per heavy atom. The van der Waals surface area contributed by atoms with Gasteiger partial charge in [-0.3, -0.25) is 4.79 Å². The molecule has 0 saturated carbocycles. The van der Waals surface area contributed by atoms with Crippen molar-refractivity contribution in [3.05, 3.63) is 70.4 Å². The second-order valence-electron chi connectivity index (χ2n) is 9.33. The fourth-order valence-corrected chi connectivity index (χ4v) is 4.54. The summed E-state index contributed by atoms with van der Waals surface area (Å²) in [5, 5.41) is 11.0. The Bertz CT molecular complexity index is 1710. The number of rotatable bonds is 17. The maximum Gasteiger partial charge on any atom is 1.00 e. The first-order valence-electron chi connectivity index (χ1n) is 13.1. The zero-order chi connectivity index (χ0) is 31.6. The van der Waals surface area contributed by atoms with Crippen LogP contribution < -0.4 is 168 Å². The fraction of sp³-hybridized carbons (Fsp3) is 0.258. The van der Waals surface area contributed by atoms with E-state index >= 15 is 0 Å². The van der Waals surface area contributed by atoms with Gasteiger partial charge in [0.2, 0.25) is 5.43 Å². The van der Waals surface area contributed by atoms with Gasteiger partial charge in [-0.1, -0.05) is 31.1 Å². The van der Waals surface area contributed by atoms with Crippen molar-refractivity contribution in [1.82, 2.24) is 4.90 Å². The van der Waals surface area contributed by atoms with Crippen LogP contribution in [0.25, 0.3) is 33.4 Å². The van der Waals surface area contributed by atoms with Gasteiger partial charge in [0, 0.05) is 36.1 Å². The van der Waals surface area contributed by atoms with Crippen LogP contribution in [0.15, 0.2) is 51.7 Å². The number of carbonyl (C=O) groups is 1. The topological polar surface area (TPSA) is 266 Å². The van der Waals surface area contributed by atoms with E-state index in [2.05, 4.69) is 6.07 Å². The van der Waals surface area contributed by atoms with E-state index < -0.39 is 29.6 Å². The molecule has 0 fully saturated rings. The number of aliphatic carboxylic acids is 1. The third kappa shape index (κ3) is 18.3. The molecule has 1 aliphatic carbocycles. The Labute approximate surface area is 413 Å². The summed E-state index contributed by atoms with van der Waals surface area (Å²) in [5.74, 6) is -2.84. The van der Waals surface area contributed by atoms with Crippen molar-refractivity contribution in [3.63, 3.8) is 0 Å². The molecule has 0 spiro atoms. The first-order chi connectivity index (χ1) is 21.2. The van der Waals surface area contributed by atoms with Crippen LogP contribution >= 0.6 is 0 Å². The van der Waals surface area contributed by atoms with Crippen molar-refractivity contribution in [1.29, 1.82) is 0 Å². The second-order valence-corrected chi connectivity index (χ2v) is 9.33. The van der Waals surface area contributed by atoms with Gasteiger partial charge in [-0.25, -0.2) is 27.6 Å². The van der Waals surface area contributed by atoms with Gasteiger partial charge in [0.15, 0.2) is 5.82 Å². The number of halogens is 2. The van der Waals surface area contributed by atoms with Crippen LogP contribution in [0.3, 0.4) is 0 Å². The minimum Gasteiger partial charge on any atom is -0.870 e. The standard InChI is InChI=1S/C31H24F2N2O9.5Na.4H2O/c32-21-2-4-27-22(16-21)31(23-17-24(33)26(39)18-29(23)44-27)20-1-3-28(25(15-20)35(6-10-37)7-11-38)43-14-13-42-12-8-34(5-9-36)19-30(40)41;;;;;;;;;/h1,3-4,15-18H,5-8,12-14,19H2,(H,40,41);;;;;;4*1H2/q-4;5*+1;;;;/p-5. The van der Waals surface area contributed by atoms with Crippen molar-refractivity contribution in [2.24, 2.45) is 0 Å². The SMILES string of the molecule is O=[C-]CN(CCOCCOc1ccc(-c2c3cc(F)c(=O)cc-3oc3c[c-]c(F)cc23)cc1N(C[C-]=O)C[C-]=O)CC(=O)[O-].[Na+].[Na+].[Na+].[Na+].[Na+].[OH-].[OH-].[OH-].[OH-]. The molecule has 2 aliphatic rings. The van der Waals surface area contributed by atoms with E-state index in [1.807, 2.05) is 0 Å². The number of hydrogen-bond donors (Lipinski definition) is 0. The number of carboxylic acid groups (broad SMARTS) is 1. The van der Waals surface area contributed by atoms with E-state index in [-0.39, 0.29) is 249 Å². The normalized spacial score (nSPS) is 9.26. The number of carbonyl (C=O) groups excluding carboxylic acids is 4. The third-order valence-electron chi connectivity index (χ3n) is 6.45. The van der Waals surface area contributed by atoms with Crippen molar-refractivity contribution in [3.8, 4) is 28.2 Å². The molecule has 2 aromatic carbocycles. The summed E-state index contributed by atoms with van der Waals surface area (Å²) in [6.07, 6.45) is 5.06. The summed E-state index contributed by atoms with van der Waals surface area (Å²) in [6, 6.07) is 11.4. The minimum absolute atomic E-state index is 0. The number of anilines is 1. The van der Waals surface area contributed by atoms with E-state index in [1.54, 1.807) is 31.0 Å². The zero-order valence-corrected chi connectivity index (χ0v) is 39.8. The monoisotopic (exact) mass is 788 g/mol. The molecule has 262 valence electrons. The number of benzene rings is 3. The average Bonchev–Trinajstić information content (AvgIpc) is 2.98. The second kappa shape index (κ2) is 32.9. The maximum atomic E-state index is 14.5. The molecule has 0 atom stereocenters. The molecule has 15 nitrogen and oxygen atoms in total. The Hall–Kier alpha value is -0.170. The summed E-state index contributed by atoms with van der Waals surface area (Å²) in [7, 11) is 0. The zero-order valence-electron chi connectivity index (χ0n) is 29.8. The van der Waals surface area contributed by atoms with E-state index in [0.717, 1.165) is 18.2 Å². The molecule has 0 bridgehead atoms. The smallest absolute Gasteiger partial charge is 0.870 e. The van der Waals surface area contributed by atoms with Gasteiger partial charge in [-0.2, -0.15) is 0 Å². The predicted molar refractivity (Wildman–Crippen MR) is 158 cm³/mol. The van der Waals surface area contributed by atoms with Gasteiger partial charge in [0.05, 0.1) is 24.9 Å². The largest absolute Gasteiger partial charge is 1.00 e. The Kier molecular flexibility index (Phi) is 40.1. The Morgan fingerprint density at radius 2 is 1.47 bits per heavy atom. The number of ether oxygens (including phenoxy) is 2. The predicted octanol–water partition coefficient (Wildman–Crippen LogP) is -14.5. The van der Waals surface area contributed by atoms with Gasteiger partial charge in [0.1, 0.15) is 18.1 Å². The molecular weight excluding hydrogens is 761 g/mol. The van der Waals surface area contributed by atoms with Gasteiger partial charge >= 0.3 is 148 Å². The average molecular weight is 789 g/mol. The molecule has 0 aromatic heterocycles. The quantitative estimate of drug-likeness (QED) is 0.0416. The van der Waals surface area contributed by atoms with Crippen molar-refractivity contribution in [2.75, 3.05) is 57.4 Å². The summed E-state index contributed by atoms with van der Waals surface area (Å²) in [4.78, 5) is 58.7. The van der Waals surface area contributed by atoms with E-state index in [4.69, 9.17) is 13.9 Å². The molecule has 0 saturated heterocycles. The van der Waals surface area contributed by atoms with Crippen molar-refractivity contribution >= 4 is 41.5 Å². The molecular formula is C31H27F2N2Na5O13-4. The Balaban J connectivity index is -0.000000614. The Morgan fingerprint density at radius 1 is 0.849 bits per heavy atom. The van der Waals surface area contributed by atoms with Crippen molar-refractivity contribution in [2.45, 2.75) is 0 Å². The maximum absolute atomic E-state index is 14.5. The molecule has 4 rings (SSSR count). The third-order valence-corrected chi connectivity index (χ3v) is 6.45. The first kappa shape index (κ1) is 64.7. The number of hydrogen-bond acceptors (Lipinski definition) is 15. The molecule has 0 unspecified atom stereocenters. The summed E-state index contributed by atoms with van der Waals surface area (Å²) >= 11 is 0. The summed E-state index contributed by atoms with van der Waals surface area (Å²) < 4.78 is 45.8. The van der Waals surface area contributed by atoms with E-state index in [1.165, 1.54) is 21.9 Å². The van der Waals surface area contributed by atoms with Crippen LogP contribution in [-0.2, 0) is 23.9 Å². The van der Waals surface area contributed by atoms with Crippen LogP contribution in [0.2, 0.25) is 0 Å².